The first-order valence-corrected chi connectivity index (χ1v) is 9.99. The molecule has 2 aliphatic rings. The second-order valence-corrected chi connectivity index (χ2v) is 9.16. The van der Waals surface area contributed by atoms with Gasteiger partial charge in [-0.15, -0.1) is 0 Å². The second-order valence-electron chi connectivity index (χ2n) is 9.16. The summed E-state index contributed by atoms with van der Waals surface area (Å²) in [6.45, 7) is 12.0. The maximum absolute atomic E-state index is 12.2. The molecule has 0 radical (unpaired) electrons. The Bertz CT molecular complexity index is 657. The van der Waals surface area contributed by atoms with Gasteiger partial charge >= 0.3 is 6.09 Å². The van der Waals surface area contributed by atoms with Crippen molar-refractivity contribution in [2.24, 2.45) is 5.92 Å². The minimum atomic E-state index is -0.424. The van der Waals surface area contributed by atoms with E-state index in [2.05, 4.69) is 44.0 Å². The number of carbonyl (C=O) groups excluding carboxylic acids is 1. The van der Waals surface area contributed by atoms with E-state index in [4.69, 9.17) is 4.74 Å². The molecule has 1 aromatic rings. The number of hydrogen-bond donors (Lipinski definition) is 0. The smallest absolute Gasteiger partial charge is 0.410 e. The first-order chi connectivity index (χ1) is 12.2. The van der Waals surface area contributed by atoms with Crippen molar-refractivity contribution in [3.63, 3.8) is 0 Å². The predicted molar refractivity (Wildman–Crippen MR) is 107 cm³/mol. The lowest BCUT2D eigenvalue weighted by Crippen LogP contribution is -2.41. The molecule has 2 heterocycles. The number of fused-ring (bicyclic) bond motifs is 1. The molecule has 0 saturated carbocycles. The summed E-state index contributed by atoms with van der Waals surface area (Å²) in [7, 11) is 2.21. The Hall–Kier alpha value is -1.71. The summed E-state index contributed by atoms with van der Waals surface area (Å²) in [5.41, 5.74) is 3.87. The molecular weight excluding hydrogens is 324 g/mol. The van der Waals surface area contributed by atoms with E-state index in [0.717, 1.165) is 32.4 Å². The van der Waals surface area contributed by atoms with Gasteiger partial charge < -0.3 is 14.5 Å². The van der Waals surface area contributed by atoms with E-state index in [-0.39, 0.29) is 6.09 Å². The van der Waals surface area contributed by atoms with E-state index >= 15 is 0 Å². The molecule has 2 aliphatic heterocycles. The summed E-state index contributed by atoms with van der Waals surface area (Å²) < 4.78 is 5.51. The number of benzene rings is 1. The van der Waals surface area contributed by atoms with Gasteiger partial charge in [-0.25, -0.2) is 4.79 Å². The molecule has 1 saturated heterocycles. The van der Waals surface area contributed by atoms with Crippen LogP contribution in [0.1, 0.15) is 64.5 Å². The topological polar surface area (TPSA) is 32.8 Å². The van der Waals surface area contributed by atoms with Gasteiger partial charge in [-0.2, -0.15) is 0 Å². The highest BCUT2D eigenvalue weighted by Crippen LogP contribution is 2.36. The largest absolute Gasteiger partial charge is 0.444 e. The van der Waals surface area contributed by atoms with Gasteiger partial charge in [0.15, 0.2) is 0 Å². The highest BCUT2D eigenvalue weighted by atomic mass is 16.6. The standard InChI is InChI=1S/C22H34N2O2/c1-15-13-19-14-18(7-8-20(19)23(6)16(15)2)17-9-11-24(12-10-17)21(25)26-22(3,4)5/h7-8,14-17H,9-13H2,1-6H3/t15-,16+/m1/s1. The third-order valence-electron chi connectivity index (χ3n) is 6.08. The van der Waals surface area contributed by atoms with Crippen molar-refractivity contribution in [1.82, 2.24) is 4.90 Å². The molecule has 144 valence electrons. The maximum Gasteiger partial charge on any atom is 0.410 e. The molecule has 0 bridgehead atoms. The molecule has 0 unspecified atom stereocenters. The molecule has 0 N–H and O–H groups in total. The summed E-state index contributed by atoms with van der Waals surface area (Å²) >= 11 is 0. The first kappa shape index (κ1) is 19.1. The van der Waals surface area contributed by atoms with Gasteiger partial charge in [-0.3, -0.25) is 0 Å². The number of nitrogens with zero attached hydrogens (tertiary/aromatic N) is 2. The van der Waals surface area contributed by atoms with Crippen LogP contribution in [0.2, 0.25) is 0 Å². The fraction of sp³-hybridized carbons (Fsp3) is 0.682. The van der Waals surface area contributed by atoms with Crippen LogP contribution in [0, 0.1) is 5.92 Å². The van der Waals surface area contributed by atoms with Crippen molar-refractivity contribution in [1.29, 1.82) is 0 Å². The number of rotatable bonds is 1. The van der Waals surface area contributed by atoms with Crippen molar-refractivity contribution in [2.45, 2.75) is 71.4 Å². The van der Waals surface area contributed by atoms with Crippen molar-refractivity contribution in [3.8, 4) is 0 Å². The third kappa shape index (κ3) is 3.99. The van der Waals surface area contributed by atoms with Gasteiger partial charge in [0.25, 0.3) is 0 Å². The summed E-state index contributed by atoms with van der Waals surface area (Å²) in [6, 6.07) is 7.60. The number of hydrogen-bond acceptors (Lipinski definition) is 3. The van der Waals surface area contributed by atoms with E-state index in [9.17, 15) is 4.79 Å². The molecule has 4 nitrogen and oxygen atoms in total. The highest BCUT2D eigenvalue weighted by molar-refractivity contribution is 5.68. The number of likely N-dealkylation sites (tertiary alicyclic amines) is 1. The highest BCUT2D eigenvalue weighted by Gasteiger charge is 2.30. The fourth-order valence-corrected chi connectivity index (χ4v) is 4.21. The third-order valence-corrected chi connectivity index (χ3v) is 6.08. The minimum absolute atomic E-state index is 0.175. The molecule has 0 aliphatic carbocycles. The van der Waals surface area contributed by atoms with Crippen LogP contribution in [0.5, 0.6) is 0 Å². The Labute approximate surface area is 158 Å². The lowest BCUT2D eigenvalue weighted by Gasteiger charge is -2.39. The van der Waals surface area contributed by atoms with Gasteiger partial charge in [0.05, 0.1) is 0 Å². The average Bonchev–Trinajstić information content (AvgIpc) is 2.58. The molecule has 1 aromatic carbocycles. The van der Waals surface area contributed by atoms with Gasteiger partial charge in [-0.1, -0.05) is 19.1 Å². The molecule has 0 spiro atoms. The van der Waals surface area contributed by atoms with Crippen LogP contribution in [-0.2, 0) is 11.2 Å². The van der Waals surface area contributed by atoms with Crippen LogP contribution in [-0.4, -0.2) is 42.8 Å². The van der Waals surface area contributed by atoms with Gasteiger partial charge in [-0.05, 0) is 76.0 Å². The minimum Gasteiger partial charge on any atom is -0.444 e. The van der Waals surface area contributed by atoms with Crippen molar-refractivity contribution >= 4 is 11.8 Å². The molecule has 1 fully saturated rings. The lowest BCUT2D eigenvalue weighted by atomic mass is 9.83. The second kappa shape index (κ2) is 7.13. The summed E-state index contributed by atoms with van der Waals surface area (Å²) in [4.78, 5) is 16.5. The fourth-order valence-electron chi connectivity index (χ4n) is 4.21. The van der Waals surface area contributed by atoms with Crippen LogP contribution in [0.3, 0.4) is 0 Å². The lowest BCUT2D eigenvalue weighted by molar-refractivity contribution is 0.0205. The van der Waals surface area contributed by atoms with Crippen LogP contribution in [0.15, 0.2) is 18.2 Å². The van der Waals surface area contributed by atoms with E-state index in [1.165, 1.54) is 16.8 Å². The number of piperidine rings is 1. The van der Waals surface area contributed by atoms with Crippen molar-refractivity contribution in [3.05, 3.63) is 29.3 Å². The van der Waals surface area contributed by atoms with Crippen LogP contribution >= 0.6 is 0 Å². The zero-order valence-corrected chi connectivity index (χ0v) is 17.2. The van der Waals surface area contributed by atoms with Gasteiger partial charge in [0.1, 0.15) is 5.60 Å². The Balaban J connectivity index is 1.65. The van der Waals surface area contributed by atoms with Crippen LogP contribution in [0.4, 0.5) is 10.5 Å². The van der Waals surface area contributed by atoms with Crippen LogP contribution < -0.4 is 4.90 Å². The van der Waals surface area contributed by atoms with Crippen molar-refractivity contribution in [2.75, 3.05) is 25.0 Å². The molecule has 1 amide bonds. The van der Waals surface area contributed by atoms with Crippen LogP contribution in [0.25, 0.3) is 0 Å². The Morgan fingerprint density at radius 2 is 1.81 bits per heavy atom. The molecule has 4 heteroatoms. The Morgan fingerprint density at radius 1 is 1.15 bits per heavy atom. The SMILES string of the molecule is C[C@@H]1Cc2cc(C3CCN(C(=O)OC(C)(C)C)CC3)ccc2N(C)[C@H]1C. The molecular formula is C22H34N2O2. The normalized spacial score (nSPS) is 24.4. The summed E-state index contributed by atoms with van der Waals surface area (Å²) in [6.07, 6.45) is 3.01. The summed E-state index contributed by atoms with van der Waals surface area (Å²) in [5, 5.41) is 0. The molecule has 0 aromatic heterocycles. The first-order valence-electron chi connectivity index (χ1n) is 9.99. The molecule has 2 atom stereocenters. The van der Waals surface area contributed by atoms with E-state index in [0.29, 0.717) is 17.9 Å². The number of amides is 1. The van der Waals surface area contributed by atoms with Crippen molar-refractivity contribution < 1.29 is 9.53 Å². The molecule has 3 rings (SSSR count). The monoisotopic (exact) mass is 358 g/mol. The van der Waals surface area contributed by atoms with Gasteiger partial charge in [0.2, 0.25) is 0 Å². The van der Waals surface area contributed by atoms with E-state index in [1.54, 1.807) is 0 Å². The number of carbonyl (C=O) groups is 1. The van der Waals surface area contributed by atoms with E-state index in [1.807, 2.05) is 25.7 Å². The summed E-state index contributed by atoms with van der Waals surface area (Å²) in [5.74, 6) is 1.22. The zero-order chi connectivity index (χ0) is 19.1. The Morgan fingerprint density at radius 3 is 2.42 bits per heavy atom. The maximum atomic E-state index is 12.2. The Kier molecular flexibility index (Phi) is 5.23. The van der Waals surface area contributed by atoms with E-state index < -0.39 is 5.60 Å². The van der Waals surface area contributed by atoms with Gasteiger partial charge in [0, 0.05) is 31.9 Å². The predicted octanol–water partition coefficient (Wildman–Crippen LogP) is 4.82. The quantitative estimate of drug-likeness (QED) is 0.722. The molecule has 26 heavy (non-hydrogen) atoms. The number of anilines is 1. The average molecular weight is 359 g/mol. The number of ether oxygens (including phenoxy) is 1. The zero-order valence-electron chi connectivity index (χ0n) is 17.2.